The molecule has 1 fully saturated rings. The summed E-state index contributed by atoms with van der Waals surface area (Å²) in [4.78, 5) is 0. The van der Waals surface area contributed by atoms with E-state index in [1.165, 1.54) is 44.9 Å². The Hall–Kier alpha value is 0.580. The van der Waals surface area contributed by atoms with Crippen LogP contribution in [0.4, 0.5) is 0 Å². The third-order valence-corrected chi connectivity index (χ3v) is 2.44. The van der Waals surface area contributed by atoms with E-state index < -0.39 is 0 Å². The molecule has 0 nitrogen and oxygen atoms in total. The Balaban J connectivity index is 0. The van der Waals surface area contributed by atoms with Gasteiger partial charge in [-0.3, -0.25) is 0 Å². The van der Waals surface area contributed by atoms with Crippen molar-refractivity contribution in [3.8, 4) is 0 Å². The van der Waals surface area contributed by atoms with Gasteiger partial charge in [0.25, 0.3) is 0 Å². The highest BCUT2D eigenvalue weighted by Gasteiger charge is 2.13. The molecule has 0 N–H and O–H groups in total. The Morgan fingerprint density at radius 2 is 1.64 bits per heavy atom. The molecule has 1 aliphatic carbocycles. The molecule has 0 unspecified atom stereocenters. The van der Waals surface area contributed by atoms with Crippen LogP contribution in [0.3, 0.4) is 0 Å². The number of rotatable bonds is 3. The van der Waals surface area contributed by atoms with Gasteiger partial charge in [-0.15, -0.1) is 24.8 Å². The van der Waals surface area contributed by atoms with Crippen LogP contribution in [-0.4, -0.2) is 0 Å². The van der Waals surface area contributed by atoms with E-state index in [0.717, 1.165) is 5.92 Å². The van der Waals surface area contributed by atoms with Crippen LogP contribution in [0, 0.1) is 5.92 Å². The smallest absolute Gasteiger partial charge is 0.0414 e. The zero-order valence-electron chi connectivity index (χ0n) is 7.34. The SMILES string of the molecule is CCCCC1CCCC1.Cl.Cl. The van der Waals surface area contributed by atoms with Gasteiger partial charge in [0.15, 0.2) is 0 Å². The van der Waals surface area contributed by atoms with E-state index in [9.17, 15) is 0 Å². The van der Waals surface area contributed by atoms with E-state index in [0.29, 0.717) is 0 Å². The topological polar surface area (TPSA) is 0 Å². The number of hydrogen-bond acceptors (Lipinski definition) is 0. The van der Waals surface area contributed by atoms with Gasteiger partial charge in [-0.1, -0.05) is 51.9 Å². The molecule has 0 atom stereocenters. The zero-order chi connectivity index (χ0) is 6.53. The molecule has 1 aliphatic rings. The van der Waals surface area contributed by atoms with Crippen LogP contribution >= 0.6 is 24.8 Å². The summed E-state index contributed by atoms with van der Waals surface area (Å²) in [5.74, 6) is 1.12. The molecule has 0 radical (unpaired) electrons. The van der Waals surface area contributed by atoms with Gasteiger partial charge in [0.2, 0.25) is 0 Å². The van der Waals surface area contributed by atoms with E-state index in [-0.39, 0.29) is 24.8 Å². The van der Waals surface area contributed by atoms with Crippen LogP contribution in [0.15, 0.2) is 0 Å². The van der Waals surface area contributed by atoms with Gasteiger partial charge in [-0.2, -0.15) is 0 Å². The molecule has 0 aromatic heterocycles. The Bertz CT molecular complexity index is 68.0. The molecule has 0 aromatic rings. The van der Waals surface area contributed by atoms with Crippen LogP contribution in [0.2, 0.25) is 0 Å². The van der Waals surface area contributed by atoms with Crippen molar-refractivity contribution in [3.63, 3.8) is 0 Å². The summed E-state index contributed by atoms with van der Waals surface area (Å²) in [6.45, 7) is 2.29. The highest BCUT2D eigenvalue weighted by atomic mass is 35.5. The molecule has 0 bridgehead atoms. The van der Waals surface area contributed by atoms with Gasteiger partial charge in [0.05, 0.1) is 0 Å². The van der Waals surface area contributed by atoms with Gasteiger partial charge in [0.1, 0.15) is 0 Å². The lowest BCUT2D eigenvalue weighted by molar-refractivity contribution is 0.480. The van der Waals surface area contributed by atoms with Crippen molar-refractivity contribution in [2.45, 2.75) is 51.9 Å². The average molecular weight is 199 g/mol. The first-order valence-electron chi connectivity index (χ1n) is 4.43. The summed E-state index contributed by atoms with van der Waals surface area (Å²) >= 11 is 0. The molecule has 70 valence electrons. The number of halogens is 2. The Morgan fingerprint density at radius 3 is 2.09 bits per heavy atom. The molecule has 11 heavy (non-hydrogen) atoms. The van der Waals surface area contributed by atoms with Crippen LogP contribution in [0.25, 0.3) is 0 Å². The van der Waals surface area contributed by atoms with Gasteiger partial charge < -0.3 is 0 Å². The molecular weight excluding hydrogens is 179 g/mol. The van der Waals surface area contributed by atoms with Crippen LogP contribution in [0.5, 0.6) is 0 Å². The number of hydrogen-bond donors (Lipinski definition) is 0. The second kappa shape index (κ2) is 8.67. The third kappa shape index (κ3) is 5.81. The minimum Gasteiger partial charge on any atom is -0.147 e. The summed E-state index contributed by atoms with van der Waals surface area (Å²) in [7, 11) is 0. The highest BCUT2D eigenvalue weighted by Crippen LogP contribution is 2.28. The van der Waals surface area contributed by atoms with Gasteiger partial charge in [-0.25, -0.2) is 0 Å². The maximum absolute atomic E-state index is 2.29. The van der Waals surface area contributed by atoms with E-state index >= 15 is 0 Å². The second-order valence-electron chi connectivity index (χ2n) is 3.29. The highest BCUT2D eigenvalue weighted by molar-refractivity contribution is 5.85. The van der Waals surface area contributed by atoms with E-state index in [1.807, 2.05) is 0 Å². The first-order chi connectivity index (χ1) is 4.43. The molecule has 1 rings (SSSR count). The predicted molar refractivity (Wildman–Crippen MR) is 56.0 cm³/mol. The summed E-state index contributed by atoms with van der Waals surface area (Å²) in [6.07, 6.45) is 10.4. The van der Waals surface area contributed by atoms with E-state index in [4.69, 9.17) is 0 Å². The molecule has 1 saturated carbocycles. The Morgan fingerprint density at radius 1 is 1.09 bits per heavy atom. The second-order valence-corrected chi connectivity index (χ2v) is 3.29. The monoisotopic (exact) mass is 198 g/mol. The van der Waals surface area contributed by atoms with Gasteiger partial charge >= 0.3 is 0 Å². The fourth-order valence-corrected chi connectivity index (χ4v) is 1.79. The van der Waals surface area contributed by atoms with E-state index in [1.54, 1.807) is 0 Å². The normalized spacial score (nSPS) is 17.2. The molecule has 0 aliphatic heterocycles. The maximum atomic E-state index is 2.29. The van der Waals surface area contributed by atoms with Gasteiger partial charge in [0, 0.05) is 0 Å². The minimum atomic E-state index is 0. The lowest BCUT2D eigenvalue weighted by Crippen LogP contribution is -1.91. The Labute approximate surface area is 83.0 Å². The first-order valence-corrected chi connectivity index (χ1v) is 4.43. The zero-order valence-corrected chi connectivity index (χ0v) is 8.98. The van der Waals surface area contributed by atoms with Crippen molar-refractivity contribution in [1.29, 1.82) is 0 Å². The molecule has 0 saturated heterocycles. The lowest BCUT2D eigenvalue weighted by Gasteiger charge is -2.05. The molecule has 2 heteroatoms. The maximum Gasteiger partial charge on any atom is -0.0414 e. The molecule has 0 spiro atoms. The molecule has 0 heterocycles. The van der Waals surface area contributed by atoms with Crippen LogP contribution < -0.4 is 0 Å². The van der Waals surface area contributed by atoms with Crippen molar-refractivity contribution < 1.29 is 0 Å². The number of unbranched alkanes of at least 4 members (excludes halogenated alkanes) is 1. The summed E-state index contributed by atoms with van der Waals surface area (Å²) in [5.41, 5.74) is 0. The fraction of sp³-hybridized carbons (Fsp3) is 1.00. The van der Waals surface area contributed by atoms with Crippen molar-refractivity contribution >= 4 is 24.8 Å². The molecule has 0 aromatic carbocycles. The van der Waals surface area contributed by atoms with Crippen molar-refractivity contribution in [2.75, 3.05) is 0 Å². The molecule has 0 amide bonds. The third-order valence-electron chi connectivity index (χ3n) is 2.44. The van der Waals surface area contributed by atoms with Crippen LogP contribution in [-0.2, 0) is 0 Å². The summed E-state index contributed by atoms with van der Waals surface area (Å²) in [6, 6.07) is 0. The van der Waals surface area contributed by atoms with Crippen molar-refractivity contribution in [2.24, 2.45) is 5.92 Å². The van der Waals surface area contributed by atoms with Crippen molar-refractivity contribution in [1.82, 2.24) is 0 Å². The standard InChI is InChI=1S/C9H18.2ClH/c1-2-3-6-9-7-4-5-8-9;;/h9H,2-8H2,1H3;2*1H. The van der Waals surface area contributed by atoms with E-state index in [2.05, 4.69) is 6.92 Å². The predicted octanol–water partition coefficient (Wildman–Crippen LogP) is 4.21. The first kappa shape index (κ1) is 14.1. The quantitative estimate of drug-likeness (QED) is 0.638. The average Bonchev–Trinajstić information content (AvgIpc) is 2.34. The largest absolute Gasteiger partial charge is 0.147 e. The summed E-state index contributed by atoms with van der Waals surface area (Å²) < 4.78 is 0. The fourth-order valence-electron chi connectivity index (χ4n) is 1.79. The minimum absolute atomic E-state index is 0. The van der Waals surface area contributed by atoms with Crippen molar-refractivity contribution in [3.05, 3.63) is 0 Å². The summed E-state index contributed by atoms with van der Waals surface area (Å²) in [5, 5.41) is 0. The van der Waals surface area contributed by atoms with Crippen LogP contribution in [0.1, 0.15) is 51.9 Å². The van der Waals surface area contributed by atoms with Gasteiger partial charge in [-0.05, 0) is 5.92 Å². The lowest BCUT2D eigenvalue weighted by atomic mass is 10.0. The Kier molecular flexibility index (Phi) is 11.1. The molecular formula is C9H20Cl2.